The Morgan fingerprint density at radius 2 is 2.14 bits per heavy atom. The first-order chi connectivity index (χ1) is 9.90. The largest absolute Gasteiger partial charge is 0.480 e. The highest BCUT2D eigenvalue weighted by Gasteiger charge is 2.37. The van der Waals surface area contributed by atoms with Crippen LogP contribution in [0.4, 0.5) is 10.5 Å². The molecular formula is C15H19BrN2O3. The molecule has 114 valence electrons. The van der Waals surface area contributed by atoms with Crippen LogP contribution in [0.25, 0.3) is 0 Å². The van der Waals surface area contributed by atoms with Crippen LogP contribution in [0.5, 0.6) is 0 Å². The molecule has 2 N–H and O–H groups in total. The molecule has 1 saturated heterocycles. The first kappa shape index (κ1) is 15.8. The van der Waals surface area contributed by atoms with Crippen molar-refractivity contribution in [1.29, 1.82) is 0 Å². The van der Waals surface area contributed by atoms with Crippen molar-refractivity contribution in [3.63, 3.8) is 0 Å². The topological polar surface area (TPSA) is 69.6 Å². The minimum atomic E-state index is -0.940. The maximum atomic E-state index is 12.4. The third-order valence-electron chi connectivity index (χ3n) is 3.88. The predicted molar refractivity (Wildman–Crippen MR) is 84.4 cm³/mol. The number of carboxylic acid groups (broad SMARTS) is 1. The number of nitrogens with one attached hydrogen (secondary N) is 1. The standard InChI is InChI=1S/C15H19BrN2O3/c1-9-4-3-7-18(13(9)14(19)20)15(21)17-12-6-5-11(16)8-10(12)2/h5-6,8-9,13H,3-4,7H2,1-2H3,(H,17,21)(H,19,20). The Hall–Kier alpha value is -1.56. The molecule has 1 aromatic carbocycles. The van der Waals surface area contributed by atoms with Crippen molar-refractivity contribution in [1.82, 2.24) is 4.90 Å². The number of hydrogen-bond donors (Lipinski definition) is 2. The van der Waals surface area contributed by atoms with Gasteiger partial charge >= 0.3 is 12.0 Å². The van der Waals surface area contributed by atoms with Crippen molar-refractivity contribution < 1.29 is 14.7 Å². The van der Waals surface area contributed by atoms with Crippen molar-refractivity contribution in [2.45, 2.75) is 32.7 Å². The zero-order chi connectivity index (χ0) is 15.6. The number of hydrogen-bond acceptors (Lipinski definition) is 2. The van der Waals surface area contributed by atoms with E-state index in [-0.39, 0.29) is 11.9 Å². The molecule has 1 aliphatic rings. The van der Waals surface area contributed by atoms with Crippen LogP contribution in [0, 0.1) is 12.8 Å². The Morgan fingerprint density at radius 3 is 2.76 bits per heavy atom. The number of likely N-dealkylation sites (tertiary alicyclic amines) is 1. The van der Waals surface area contributed by atoms with Gasteiger partial charge in [-0.05, 0) is 49.4 Å². The molecule has 0 aliphatic carbocycles. The minimum Gasteiger partial charge on any atom is -0.480 e. The monoisotopic (exact) mass is 354 g/mol. The van der Waals surface area contributed by atoms with E-state index in [2.05, 4.69) is 21.2 Å². The summed E-state index contributed by atoms with van der Waals surface area (Å²) in [4.78, 5) is 25.2. The maximum Gasteiger partial charge on any atom is 0.326 e. The summed E-state index contributed by atoms with van der Waals surface area (Å²) in [7, 11) is 0. The molecule has 2 rings (SSSR count). The lowest BCUT2D eigenvalue weighted by Gasteiger charge is -2.37. The van der Waals surface area contributed by atoms with Crippen molar-refractivity contribution in [3.8, 4) is 0 Å². The van der Waals surface area contributed by atoms with E-state index in [0.717, 1.165) is 22.9 Å². The molecule has 0 bridgehead atoms. The predicted octanol–water partition coefficient (Wildman–Crippen LogP) is 3.47. The molecule has 0 radical (unpaired) electrons. The van der Waals surface area contributed by atoms with E-state index in [1.807, 2.05) is 26.0 Å². The summed E-state index contributed by atoms with van der Waals surface area (Å²) in [5.41, 5.74) is 1.63. The van der Waals surface area contributed by atoms with Gasteiger partial charge in [0, 0.05) is 16.7 Å². The molecule has 0 spiro atoms. The highest BCUT2D eigenvalue weighted by molar-refractivity contribution is 9.10. The average Bonchev–Trinajstić information content (AvgIpc) is 2.41. The summed E-state index contributed by atoms with van der Waals surface area (Å²) in [6.07, 6.45) is 1.66. The number of carbonyl (C=O) groups is 2. The van der Waals surface area contributed by atoms with Crippen LogP contribution < -0.4 is 5.32 Å². The first-order valence-electron chi connectivity index (χ1n) is 6.96. The lowest BCUT2D eigenvalue weighted by Crippen LogP contribution is -2.53. The summed E-state index contributed by atoms with van der Waals surface area (Å²) in [6, 6.07) is 4.45. The zero-order valence-electron chi connectivity index (χ0n) is 12.1. The summed E-state index contributed by atoms with van der Waals surface area (Å²) in [6.45, 7) is 4.25. The number of carbonyl (C=O) groups excluding carboxylic acids is 1. The molecule has 2 unspecified atom stereocenters. The number of piperidine rings is 1. The van der Waals surface area contributed by atoms with Crippen molar-refractivity contribution in [2.24, 2.45) is 5.92 Å². The fourth-order valence-electron chi connectivity index (χ4n) is 2.75. The summed E-state index contributed by atoms with van der Waals surface area (Å²) >= 11 is 3.37. The van der Waals surface area contributed by atoms with Gasteiger partial charge in [-0.25, -0.2) is 9.59 Å². The Kier molecular flexibility index (Phi) is 4.88. The number of benzene rings is 1. The van der Waals surface area contributed by atoms with Crippen LogP contribution in [0.2, 0.25) is 0 Å². The highest BCUT2D eigenvalue weighted by Crippen LogP contribution is 2.25. The van der Waals surface area contributed by atoms with Crippen LogP contribution >= 0.6 is 15.9 Å². The van der Waals surface area contributed by atoms with Crippen LogP contribution in [0.15, 0.2) is 22.7 Å². The molecule has 6 heteroatoms. The zero-order valence-corrected chi connectivity index (χ0v) is 13.7. The van der Waals surface area contributed by atoms with E-state index in [1.165, 1.54) is 4.90 Å². The van der Waals surface area contributed by atoms with E-state index in [9.17, 15) is 14.7 Å². The van der Waals surface area contributed by atoms with Crippen molar-refractivity contribution in [2.75, 3.05) is 11.9 Å². The lowest BCUT2D eigenvalue weighted by atomic mass is 9.91. The maximum absolute atomic E-state index is 12.4. The van der Waals surface area contributed by atoms with Gasteiger partial charge in [0.05, 0.1) is 0 Å². The van der Waals surface area contributed by atoms with Gasteiger partial charge in [0.25, 0.3) is 0 Å². The lowest BCUT2D eigenvalue weighted by molar-refractivity contribution is -0.145. The molecule has 0 aromatic heterocycles. The molecule has 21 heavy (non-hydrogen) atoms. The molecule has 2 atom stereocenters. The van der Waals surface area contributed by atoms with E-state index < -0.39 is 12.0 Å². The van der Waals surface area contributed by atoms with Crippen LogP contribution in [-0.4, -0.2) is 34.6 Å². The number of anilines is 1. The molecular weight excluding hydrogens is 336 g/mol. The number of aliphatic carboxylic acids is 1. The van der Waals surface area contributed by atoms with Gasteiger partial charge in [0.15, 0.2) is 0 Å². The third-order valence-corrected chi connectivity index (χ3v) is 4.37. The fraction of sp³-hybridized carbons (Fsp3) is 0.467. The molecule has 0 saturated carbocycles. The second-order valence-electron chi connectivity index (χ2n) is 5.49. The smallest absolute Gasteiger partial charge is 0.326 e. The first-order valence-corrected chi connectivity index (χ1v) is 7.76. The van der Waals surface area contributed by atoms with Gasteiger partial charge in [-0.15, -0.1) is 0 Å². The summed E-state index contributed by atoms with van der Waals surface area (Å²) < 4.78 is 0.938. The number of rotatable bonds is 2. The number of amides is 2. The van der Waals surface area contributed by atoms with Gasteiger partial charge in [0.1, 0.15) is 6.04 Å². The molecule has 1 heterocycles. The van der Waals surface area contributed by atoms with Crippen molar-refractivity contribution in [3.05, 3.63) is 28.2 Å². The van der Waals surface area contributed by atoms with Crippen LogP contribution in [0.3, 0.4) is 0 Å². The Balaban J connectivity index is 2.16. The summed E-state index contributed by atoms with van der Waals surface area (Å²) in [5.74, 6) is -0.974. The quantitative estimate of drug-likeness (QED) is 0.853. The summed E-state index contributed by atoms with van der Waals surface area (Å²) in [5, 5.41) is 12.2. The Morgan fingerprint density at radius 1 is 1.43 bits per heavy atom. The fourth-order valence-corrected chi connectivity index (χ4v) is 3.22. The van der Waals surface area contributed by atoms with E-state index in [0.29, 0.717) is 12.2 Å². The minimum absolute atomic E-state index is 0.0342. The number of aryl methyl sites for hydroxylation is 1. The second-order valence-corrected chi connectivity index (χ2v) is 6.40. The van der Waals surface area contributed by atoms with Gasteiger partial charge in [-0.3, -0.25) is 0 Å². The number of nitrogens with zero attached hydrogens (tertiary/aromatic N) is 1. The van der Waals surface area contributed by atoms with E-state index >= 15 is 0 Å². The third kappa shape index (κ3) is 3.56. The molecule has 5 nitrogen and oxygen atoms in total. The Bertz CT molecular complexity index is 562. The molecule has 2 amide bonds. The Labute approximate surface area is 132 Å². The molecule has 1 fully saturated rings. The van der Waals surface area contributed by atoms with Gasteiger partial charge in [-0.2, -0.15) is 0 Å². The van der Waals surface area contributed by atoms with E-state index in [1.54, 1.807) is 6.07 Å². The second kappa shape index (κ2) is 6.47. The van der Waals surface area contributed by atoms with Gasteiger partial charge in [0.2, 0.25) is 0 Å². The SMILES string of the molecule is Cc1cc(Br)ccc1NC(=O)N1CCCC(C)C1C(=O)O. The average molecular weight is 355 g/mol. The highest BCUT2D eigenvalue weighted by atomic mass is 79.9. The van der Waals surface area contributed by atoms with Gasteiger partial charge in [-0.1, -0.05) is 22.9 Å². The molecule has 1 aliphatic heterocycles. The molecule has 1 aromatic rings. The van der Waals surface area contributed by atoms with Crippen molar-refractivity contribution >= 4 is 33.6 Å². The number of urea groups is 1. The van der Waals surface area contributed by atoms with Crippen LogP contribution in [0.1, 0.15) is 25.3 Å². The van der Waals surface area contributed by atoms with Crippen LogP contribution in [-0.2, 0) is 4.79 Å². The number of halogens is 1. The van der Waals surface area contributed by atoms with Gasteiger partial charge < -0.3 is 15.3 Å². The van der Waals surface area contributed by atoms with E-state index in [4.69, 9.17) is 0 Å². The number of carboxylic acids is 1. The normalized spacial score (nSPS) is 22.0.